The minimum atomic E-state index is 0.0104. The van der Waals surface area contributed by atoms with Crippen molar-refractivity contribution in [3.05, 3.63) is 71.9 Å². The fourth-order valence-corrected chi connectivity index (χ4v) is 2.22. The molecular formula is C16H13NO. The Morgan fingerprint density at radius 2 is 1.72 bits per heavy atom. The molecule has 2 nitrogen and oxygen atoms in total. The molecule has 1 heterocycles. The van der Waals surface area contributed by atoms with Gasteiger partial charge < -0.3 is 0 Å². The average molecular weight is 235 g/mol. The van der Waals surface area contributed by atoms with Gasteiger partial charge in [-0.05, 0) is 36.8 Å². The fraction of sp³-hybridized carbons (Fsp3) is 0.0625. The van der Waals surface area contributed by atoms with E-state index in [0.29, 0.717) is 5.56 Å². The first-order valence-corrected chi connectivity index (χ1v) is 5.94. The van der Waals surface area contributed by atoms with Crippen molar-refractivity contribution in [1.82, 2.24) is 4.57 Å². The number of benzene rings is 2. The Balaban J connectivity index is 2.16. The van der Waals surface area contributed by atoms with Crippen LogP contribution >= 0.6 is 0 Å². The van der Waals surface area contributed by atoms with Gasteiger partial charge in [-0.3, -0.25) is 9.36 Å². The third kappa shape index (κ3) is 1.63. The van der Waals surface area contributed by atoms with Crippen molar-refractivity contribution >= 4 is 16.8 Å². The zero-order valence-electron chi connectivity index (χ0n) is 10.1. The van der Waals surface area contributed by atoms with E-state index in [2.05, 4.69) is 13.0 Å². The third-order valence-corrected chi connectivity index (χ3v) is 3.19. The molecule has 3 aromatic rings. The van der Waals surface area contributed by atoms with E-state index in [-0.39, 0.29) is 5.91 Å². The summed E-state index contributed by atoms with van der Waals surface area (Å²) in [6, 6.07) is 17.3. The quantitative estimate of drug-likeness (QED) is 0.631. The molecule has 1 aromatic heterocycles. The summed E-state index contributed by atoms with van der Waals surface area (Å²) in [6.07, 6.45) is 1.84. The molecule has 0 atom stereocenters. The normalized spacial score (nSPS) is 10.7. The first-order chi connectivity index (χ1) is 8.77. The van der Waals surface area contributed by atoms with Crippen molar-refractivity contribution in [1.29, 1.82) is 0 Å². The van der Waals surface area contributed by atoms with E-state index >= 15 is 0 Å². The van der Waals surface area contributed by atoms with Crippen molar-refractivity contribution in [2.75, 3.05) is 0 Å². The van der Waals surface area contributed by atoms with Gasteiger partial charge in [0.1, 0.15) is 0 Å². The van der Waals surface area contributed by atoms with Crippen LogP contribution in [0.15, 0.2) is 60.8 Å². The predicted octanol–water partition coefficient (Wildman–Crippen LogP) is 3.64. The van der Waals surface area contributed by atoms with Crippen LogP contribution in [0.2, 0.25) is 0 Å². The van der Waals surface area contributed by atoms with Gasteiger partial charge in [0.15, 0.2) is 0 Å². The molecular weight excluding hydrogens is 222 g/mol. The molecule has 0 saturated heterocycles. The van der Waals surface area contributed by atoms with Crippen LogP contribution in [0.3, 0.4) is 0 Å². The number of carbonyl (C=O) groups excluding carboxylic acids is 1. The summed E-state index contributed by atoms with van der Waals surface area (Å²) in [5, 5.41) is 1.13. The summed E-state index contributed by atoms with van der Waals surface area (Å²) in [5.41, 5.74) is 2.85. The predicted molar refractivity (Wildman–Crippen MR) is 72.8 cm³/mol. The maximum absolute atomic E-state index is 12.4. The maximum Gasteiger partial charge on any atom is 0.262 e. The number of rotatable bonds is 1. The van der Waals surface area contributed by atoms with Crippen LogP contribution in [0, 0.1) is 6.92 Å². The Labute approximate surface area is 105 Å². The Morgan fingerprint density at radius 1 is 0.944 bits per heavy atom. The highest BCUT2D eigenvalue weighted by molar-refractivity contribution is 6.02. The number of aromatic nitrogens is 1. The van der Waals surface area contributed by atoms with Gasteiger partial charge in [-0.1, -0.05) is 30.3 Å². The smallest absolute Gasteiger partial charge is 0.262 e. The number of nitrogens with zero attached hydrogens (tertiary/aromatic N) is 1. The van der Waals surface area contributed by atoms with Crippen molar-refractivity contribution in [2.24, 2.45) is 0 Å². The molecule has 0 aliphatic rings. The standard InChI is InChI=1S/C16H13NO/c1-12-6-5-9-15-14(12)10-11-17(15)16(18)13-7-3-2-4-8-13/h2-11H,1H3. The molecule has 2 heteroatoms. The molecule has 2 aromatic carbocycles. The van der Waals surface area contributed by atoms with E-state index in [9.17, 15) is 4.79 Å². The van der Waals surface area contributed by atoms with Crippen molar-refractivity contribution in [2.45, 2.75) is 6.92 Å². The second-order valence-corrected chi connectivity index (χ2v) is 4.36. The van der Waals surface area contributed by atoms with Gasteiger partial charge in [0, 0.05) is 17.1 Å². The van der Waals surface area contributed by atoms with Crippen LogP contribution in [-0.4, -0.2) is 10.5 Å². The van der Waals surface area contributed by atoms with Crippen LogP contribution in [0.5, 0.6) is 0 Å². The van der Waals surface area contributed by atoms with Crippen molar-refractivity contribution in [3.63, 3.8) is 0 Å². The molecule has 0 aliphatic heterocycles. The van der Waals surface area contributed by atoms with Gasteiger partial charge in [-0.15, -0.1) is 0 Å². The molecule has 0 N–H and O–H groups in total. The van der Waals surface area contributed by atoms with Crippen LogP contribution in [-0.2, 0) is 0 Å². The lowest BCUT2D eigenvalue weighted by atomic mass is 10.1. The number of hydrogen-bond acceptors (Lipinski definition) is 1. The van der Waals surface area contributed by atoms with Gasteiger partial charge in [0.25, 0.3) is 5.91 Å². The molecule has 0 fully saturated rings. The Hall–Kier alpha value is -2.35. The van der Waals surface area contributed by atoms with E-state index in [0.717, 1.165) is 10.9 Å². The van der Waals surface area contributed by atoms with Crippen LogP contribution < -0.4 is 0 Å². The highest BCUT2D eigenvalue weighted by Gasteiger charge is 2.11. The number of aryl methyl sites for hydroxylation is 1. The van der Waals surface area contributed by atoms with Gasteiger partial charge in [-0.2, -0.15) is 0 Å². The lowest BCUT2D eigenvalue weighted by Gasteiger charge is -2.04. The highest BCUT2D eigenvalue weighted by Crippen LogP contribution is 2.20. The first kappa shape index (κ1) is 10.8. The number of carbonyl (C=O) groups is 1. The molecule has 18 heavy (non-hydrogen) atoms. The molecule has 3 rings (SSSR count). The zero-order valence-corrected chi connectivity index (χ0v) is 10.1. The lowest BCUT2D eigenvalue weighted by molar-refractivity contribution is 0.0965. The monoisotopic (exact) mass is 235 g/mol. The SMILES string of the molecule is Cc1cccc2c1ccn2C(=O)c1ccccc1. The summed E-state index contributed by atoms with van der Waals surface area (Å²) in [7, 11) is 0. The molecule has 0 aliphatic carbocycles. The molecule has 88 valence electrons. The summed E-state index contributed by atoms with van der Waals surface area (Å²) >= 11 is 0. The van der Waals surface area contributed by atoms with E-state index in [4.69, 9.17) is 0 Å². The van der Waals surface area contributed by atoms with Crippen molar-refractivity contribution < 1.29 is 4.79 Å². The van der Waals surface area contributed by atoms with E-state index in [1.807, 2.05) is 54.7 Å². The minimum absolute atomic E-state index is 0.0104. The Bertz CT molecular complexity index is 710. The largest absolute Gasteiger partial charge is 0.283 e. The molecule has 0 bridgehead atoms. The summed E-state index contributed by atoms with van der Waals surface area (Å²) in [4.78, 5) is 12.4. The topological polar surface area (TPSA) is 22.0 Å². The van der Waals surface area contributed by atoms with Gasteiger partial charge in [0.05, 0.1) is 5.52 Å². The van der Waals surface area contributed by atoms with Gasteiger partial charge in [-0.25, -0.2) is 0 Å². The third-order valence-electron chi connectivity index (χ3n) is 3.19. The van der Waals surface area contributed by atoms with Crippen LogP contribution in [0.4, 0.5) is 0 Å². The maximum atomic E-state index is 12.4. The zero-order chi connectivity index (χ0) is 12.5. The van der Waals surface area contributed by atoms with Crippen molar-refractivity contribution in [3.8, 4) is 0 Å². The van der Waals surface area contributed by atoms with E-state index in [1.54, 1.807) is 4.57 Å². The van der Waals surface area contributed by atoms with Gasteiger partial charge in [0.2, 0.25) is 0 Å². The molecule has 0 spiro atoms. The number of fused-ring (bicyclic) bond motifs is 1. The summed E-state index contributed by atoms with van der Waals surface area (Å²) in [5.74, 6) is 0.0104. The first-order valence-electron chi connectivity index (χ1n) is 5.94. The number of hydrogen-bond donors (Lipinski definition) is 0. The molecule has 0 amide bonds. The molecule has 0 radical (unpaired) electrons. The second kappa shape index (κ2) is 4.15. The van der Waals surface area contributed by atoms with E-state index < -0.39 is 0 Å². The Kier molecular flexibility index (Phi) is 2.49. The van der Waals surface area contributed by atoms with Gasteiger partial charge >= 0.3 is 0 Å². The minimum Gasteiger partial charge on any atom is -0.283 e. The lowest BCUT2D eigenvalue weighted by Crippen LogP contribution is -2.10. The van der Waals surface area contributed by atoms with E-state index in [1.165, 1.54) is 5.56 Å². The fourth-order valence-electron chi connectivity index (χ4n) is 2.22. The van der Waals surface area contributed by atoms with Crippen LogP contribution in [0.1, 0.15) is 15.9 Å². The highest BCUT2D eigenvalue weighted by atomic mass is 16.2. The average Bonchev–Trinajstić information content (AvgIpc) is 2.84. The summed E-state index contributed by atoms with van der Waals surface area (Å²) in [6.45, 7) is 2.06. The molecule has 0 saturated carbocycles. The molecule has 0 unspecified atom stereocenters. The summed E-state index contributed by atoms with van der Waals surface area (Å²) < 4.78 is 1.71. The van der Waals surface area contributed by atoms with Crippen LogP contribution in [0.25, 0.3) is 10.9 Å². The second-order valence-electron chi connectivity index (χ2n) is 4.36. The Morgan fingerprint density at radius 3 is 2.50 bits per heavy atom.